The molecule has 121 valence electrons. The minimum Gasteiger partial charge on any atom is -0.361 e. The predicted octanol–water partition coefficient (Wildman–Crippen LogP) is 3.89. The predicted molar refractivity (Wildman–Crippen MR) is 96.5 cm³/mol. The number of rotatable bonds is 3. The van der Waals surface area contributed by atoms with Crippen molar-refractivity contribution in [2.24, 2.45) is 0 Å². The first-order valence-corrected chi connectivity index (χ1v) is 8.46. The van der Waals surface area contributed by atoms with Gasteiger partial charge in [-0.25, -0.2) is 0 Å². The maximum Gasteiger partial charge on any atom is 0.230 e. The van der Waals surface area contributed by atoms with E-state index >= 15 is 0 Å². The fourth-order valence-electron chi connectivity index (χ4n) is 3.58. The molecule has 1 aromatic heterocycles. The van der Waals surface area contributed by atoms with Crippen molar-refractivity contribution in [3.05, 3.63) is 77.3 Å². The molecule has 0 spiro atoms. The summed E-state index contributed by atoms with van der Waals surface area (Å²) in [7, 11) is 0. The van der Waals surface area contributed by atoms with E-state index in [1.165, 1.54) is 22.1 Å². The molecule has 1 radical (unpaired) electrons. The van der Waals surface area contributed by atoms with E-state index in [2.05, 4.69) is 41.4 Å². The average Bonchev–Trinajstić information content (AvgIpc) is 3.03. The zero-order valence-electron chi connectivity index (χ0n) is 13.9. The maximum atomic E-state index is 12.8. The Hall–Kier alpha value is -2.55. The fraction of sp³-hybridized carbons (Fsp3) is 0.238. The molecule has 0 atom stereocenters. The number of hydrogen-bond acceptors (Lipinski definition) is 1. The van der Waals surface area contributed by atoms with E-state index in [1.807, 2.05) is 30.2 Å². The molecule has 3 heteroatoms. The number of hydrogen-bond donors (Lipinski definition) is 1. The smallest absolute Gasteiger partial charge is 0.230 e. The monoisotopic (exact) mass is 317 g/mol. The molecule has 3 nitrogen and oxygen atoms in total. The molecular formula is C21H21N2O. The number of nitrogens with zero attached hydrogens (tertiary/aromatic N) is 1. The molecule has 2 heterocycles. The zero-order valence-corrected chi connectivity index (χ0v) is 13.9. The molecule has 4 rings (SSSR count). The summed E-state index contributed by atoms with van der Waals surface area (Å²) >= 11 is 0. The van der Waals surface area contributed by atoms with Gasteiger partial charge in [0.1, 0.15) is 0 Å². The molecular weight excluding hydrogens is 296 g/mol. The molecule has 0 saturated heterocycles. The first-order valence-electron chi connectivity index (χ1n) is 8.46. The third-order valence-electron chi connectivity index (χ3n) is 4.91. The van der Waals surface area contributed by atoms with Crippen LogP contribution in [-0.4, -0.2) is 22.3 Å². The van der Waals surface area contributed by atoms with Gasteiger partial charge in [-0.2, -0.15) is 0 Å². The lowest BCUT2D eigenvalue weighted by atomic mass is 9.96. The van der Waals surface area contributed by atoms with E-state index < -0.39 is 0 Å². The Morgan fingerprint density at radius 2 is 1.83 bits per heavy atom. The van der Waals surface area contributed by atoms with E-state index in [9.17, 15) is 4.79 Å². The van der Waals surface area contributed by atoms with Crippen LogP contribution in [0, 0.1) is 5.92 Å². The lowest BCUT2D eigenvalue weighted by Gasteiger charge is -2.30. The largest absolute Gasteiger partial charge is 0.361 e. The van der Waals surface area contributed by atoms with Crippen LogP contribution in [-0.2, 0) is 24.2 Å². The van der Waals surface area contributed by atoms with Crippen molar-refractivity contribution >= 4 is 16.8 Å². The molecule has 1 aliphatic rings. The van der Waals surface area contributed by atoms with Crippen LogP contribution in [0.3, 0.4) is 0 Å². The Labute approximate surface area is 142 Å². The van der Waals surface area contributed by atoms with Crippen molar-refractivity contribution in [2.45, 2.75) is 26.3 Å². The molecule has 3 aromatic rings. The highest BCUT2D eigenvalue weighted by molar-refractivity contribution is 5.91. The molecule has 1 amide bonds. The Kier molecular flexibility index (Phi) is 3.85. The zero-order chi connectivity index (χ0) is 16.5. The van der Waals surface area contributed by atoms with Gasteiger partial charge in [0.05, 0.1) is 5.92 Å². The van der Waals surface area contributed by atoms with E-state index in [-0.39, 0.29) is 5.91 Å². The maximum absolute atomic E-state index is 12.8. The van der Waals surface area contributed by atoms with Crippen molar-refractivity contribution in [1.82, 2.24) is 9.88 Å². The number of H-pyrrole nitrogens is 1. The average molecular weight is 317 g/mol. The Morgan fingerprint density at radius 1 is 1.08 bits per heavy atom. The molecule has 0 fully saturated rings. The van der Waals surface area contributed by atoms with Gasteiger partial charge >= 0.3 is 0 Å². The number of amides is 1. The van der Waals surface area contributed by atoms with Crippen LogP contribution in [0.15, 0.2) is 54.7 Å². The number of nitrogens with one attached hydrogen (secondary N) is 1. The first kappa shape index (κ1) is 15.0. The number of para-hydroxylation sites is 1. The summed E-state index contributed by atoms with van der Waals surface area (Å²) in [5, 5.41) is 1.20. The number of benzene rings is 2. The van der Waals surface area contributed by atoms with Gasteiger partial charge in [-0.15, -0.1) is 0 Å². The van der Waals surface area contributed by atoms with Crippen LogP contribution in [0.25, 0.3) is 10.9 Å². The number of carbonyl (C=O) groups excluding carboxylic acids is 1. The Balaban J connectivity index is 1.49. The standard InChI is InChI=1S/C21H21N2O/c1-15(12-18-13-22-20-9-5-4-8-19(18)20)21(24)23-11-10-16-6-2-3-7-17(16)14-23/h2-9,13,22H,10-12,14H2,1H3. The number of carbonyl (C=O) groups is 1. The van der Waals surface area contributed by atoms with Gasteiger partial charge in [-0.05, 0) is 42.5 Å². The van der Waals surface area contributed by atoms with Crippen LogP contribution >= 0.6 is 0 Å². The van der Waals surface area contributed by atoms with E-state index in [1.54, 1.807) is 0 Å². The van der Waals surface area contributed by atoms with Gasteiger partial charge in [-0.1, -0.05) is 42.5 Å². The van der Waals surface area contributed by atoms with Crippen molar-refractivity contribution < 1.29 is 4.79 Å². The number of aromatic nitrogens is 1. The van der Waals surface area contributed by atoms with Gasteiger partial charge in [-0.3, -0.25) is 4.79 Å². The van der Waals surface area contributed by atoms with Gasteiger partial charge in [0.2, 0.25) is 5.91 Å². The molecule has 1 aliphatic heterocycles. The second-order valence-electron chi connectivity index (χ2n) is 6.56. The van der Waals surface area contributed by atoms with E-state index in [4.69, 9.17) is 0 Å². The lowest BCUT2D eigenvalue weighted by molar-refractivity contribution is -0.130. The van der Waals surface area contributed by atoms with Gasteiger partial charge in [0.25, 0.3) is 0 Å². The normalized spacial score (nSPS) is 14.2. The second-order valence-corrected chi connectivity index (χ2v) is 6.56. The molecule has 0 bridgehead atoms. The lowest BCUT2D eigenvalue weighted by Crippen LogP contribution is -2.38. The third-order valence-corrected chi connectivity index (χ3v) is 4.91. The van der Waals surface area contributed by atoms with Crippen LogP contribution < -0.4 is 0 Å². The summed E-state index contributed by atoms with van der Waals surface area (Å²) < 4.78 is 0. The summed E-state index contributed by atoms with van der Waals surface area (Å²) in [6.07, 6.45) is 3.66. The van der Waals surface area contributed by atoms with E-state index in [0.717, 1.165) is 30.9 Å². The summed E-state index contributed by atoms with van der Waals surface area (Å²) in [6, 6.07) is 16.7. The summed E-state index contributed by atoms with van der Waals surface area (Å²) in [5.74, 6) is 1.08. The van der Waals surface area contributed by atoms with Crippen molar-refractivity contribution in [2.75, 3.05) is 6.54 Å². The SMILES string of the molecule is C[C](Cc1c[nH]c2ccccc12)C(=O)N1CCc2ccccc2C1. The number of fused-ring (bicyclic) bond motifs is 2. The Bertz CT molecular complexity index is 880. The minimum atomic E-state index is 0.176. The van der Waals surface area contributed by atoms with Crippen LogP contribution in [0.5, 0.6) is 0 Å². The molecule has 0 aliphatic carbocycles. The summed E-state index contributed by atoms with van der Waals surface area (Å²) in [4.78, 5) is 18.1. The molecule has 24 heavy (non-hydrogen) atoms. The highest BCUT2D eigenvalue weighted by atomic mass is 16.2. The Morgan fingerprint density at radius 3 is 2.71 bits per heavy atom. The summed E-state index contributed by atoms with van der Waals surface area (Å²) in [5.41, 5.74) is 4.96. The van der Waals surface area contributed by atoms with Crippen molar-refractivity contribution in [3.63, 3.8) is 0 Å². The van der Waals surface area contributed by atoms with Crippen LogP contribution in [0.4, 0.5) is 0 Å². The number of aromatic amines is 1. The highest BCUT2D eigenvalue weighted by Crippen LogP contribution is 2.25. The van der Waals surface area contributed by atoms with Crippen molar-refractivity contribution in [1.29, 1.82) is 0 Å². The van der Waals surface area contributed by atoms with Crippen molar-refractivity contribution in [3.8, 4) is 0 Å². The van der Waals surface area contributed by atoms with Crippen LogP contribution in [0.2, 0.25) is 0 Å². The quantitative estimate of drug-likeness (QED) is 0.781. The highest BCUT2D eigenvalue weighted by Gasteiger charge is 2.25. The molecule has 2 aromatic carbocycles. The second kappa shape index (κ2) is 6.16. The topological polar surface area (TPSA) is 36.1 Å². The fourth-order valence-corrected chi connectivity index (χ4v) is 3.58. The van der Waals surface area contributed by atoms with Gasteiger partial charge in [0.15, 0.2) is 0 Å². The molecule has 0 unspecified atom stereocenters. The summed E-state index contributed by atoms with van der Waals surface area (Å²) in [6.45, 7) is 3.49. The molecule has 0 saturated carbocycles. The molecule has 1 N–H and O–H groups in total. The third kappa shape index (κ3) is 2.71. The van der Waals surface area contributed by atoms with Crippen LogP contribution in [0.1, 0.15) is 23.6 Å². The first-order chi connectivity index (χ1) is 11.7. The van der Waals surface area contributed by atoms with Gasteiger partial charge < -0.3 is 9.88 Å². The van der Waals surface area contributed by atoms with E-state index in [0.29, 0.717) is 6.42 Å². The van der Waals surface area contributed by atoms with Gasteiger partial charge in [0, 0.05) is 30.2 Å². The minimum absolute atomic E-state index is 0.176.